The zero-order chi connectivity index (χ0) is 16.8. The quantitative estimate of drug-likeness (QED) is 0.664. The first kappa shape index (κ1) is 16.9. The minimum Gasteiger partial charge on any atom is -0.325 e. The highest BCUT2D eigenvalue weighted by atomic mass is 16.6. The van der Waals surface area contributed by atoms with Gasteiger partial charge in [0.2, 0.25) is 5.91 Å². The van der Waals surface area contributed by atoms with Crippen molar-refractivity contribution in [1.29, 1.82) is 5.26 Å². The Kier molecular flexibility index (Phi) is 5.66. The van der Waals surface area contributed by atoms with Gasteiger partial charge in [-0.1, -0.05) is 6.07 Å². The summed E-state index contributed by atoms with van der Waals surface area (Å²) in [5.74, 6) is -0.267. The number of nitriles is 1. The number of rotatable bonds is 5. The number of non-ortho nitro benzene ring substituents is 1. The zero-order valence-electron chi connectivity index (χ0n) is 13.1. The molecule has 0 aromatic heterocycles. The third-order valence-corrected chi connectivity index (χ3v) is 4.11. The fraction of sp³-hybridized carbons (Fsp3) is 0.500. The van der Waals surface area contributed by atoms with E-state index in [1.165, 1.54) is 12.1 Å². The van der Waals surface area contributed by atoms with Crippen LogP contribution in [-0.4, -0.2) is 35.4 Å². The van der Waals surface area contributed by atoms with Crippen molar-refractivity contribution in [3.8, 4) is 6.07 Å². The molecule has 1 saturated heterocycles. The summed E-state index contributed by atoms with van der Waals surface area (Å²) in [6, 6.07) is 6.57. The van der Waals surface area contributed by atoms with Crippen LogP contribution in [0.5, 0.6) is 0 Å². The average molecular weight is 316 g/mol. The van der Waals surface area contributed by atoms with E-state index in [4.69, 9.17) is 5.26 Å². The van der Waals surface area contributed by atoms with Gasteiger partial charge in [-0.05, 0) is 31.9 Å². The van der Waals surface area contributed by atoms with Crippen molar-refractivity contribution in [3.05, 3.63) is 33.9 Å². The normalized spacial score (nSPS) is 18.2. The lowest BCUT2D eigenvalue weighted by Gasteiger charge is -2.31. The maximum atomic E-state index is 12.4. The van der Waals surface area contributed by atoms with Gasteiger partial charge >= 0.3 is 0 Å². The summed E-state index contributed by atoms with van der Waals surface area (Å²) >= 11 is 0. The lowest BCUT2D eigenvalue weighted by atomic mass is 9.96. The van der Waals surface area contributed by atoms with Crippen molar-refractivity contribution in [1.82, 2.24) is 4.90 Å². The Hall–Kier alpha value is -2.46. The number of amides is 1. The fourth-order valence-electron chi connectivity index (χ4n) is 2.77. The number of piperidine rings is 1. The van der Waals surface area contributed by atoms with Crippen LogP contribution in [0, 0.1) is 34.3 Å². The molecule has 1 aromatic rings. The molecule has 1 fully saturated rings. The molecule has 1 unspecified atom stereocenters. The van der Waals surface area contributed by atoms with E-state index in [1.54, 1.807) is 13.0 Å². The van der Waals surface area contributed by atoms with Gasteiger partial charge in [-0.25, -0.2) is 0 Å². The number of nitrogens with one attached hydrogen (secondary N) is 1. The van der Waals surface area contributed by atoms with E-state index in [1.807, 2.05) is 0 Å². The Bertz CT molecular complexity index is 639. The molecule has 1 heterocycles. The van der Waals surface area contributed by atoms with Crippen molar-refractivity contribution >= 4 is 17.3 Å². The van der Waals surface area contributed by atoms with Crippen LogP contribution in [0.1, 0.15) is 24.8 Å². The molecule has 0 radical (unpaired) electrons. The molecule has 122 valence electrons. The minimum atomic E-state index is -0.473. The number of aryl methyl sites for hydroxylation is 1. The summed E-state index contributed by atoms with van der Waals surface area (Å²) in [5, 5.41) is 22.3. The number of nitrogens with zero attached hydrogens (tertiary/aromatic N) is 3. The Labute approximate surface area is 135 Å². The van der Waals surface area contributed by atoms with Crippen molar-refractivity contribution in [3.63, 3.8) is 0 Å². The molecule has 1 aromatic carbocycles. The highest BCUT2D eigenvalue weighted by molar-refractivity contribution is 5.93. The first-order valence-electron chi connectivity index (χ1n) is 7.66. The predicted octanol–water partition coefficient (Wildman–Crippen LogP) is 2.47. The highest BCUT2D eigenvalue weighted by Gasteiger charge is 2.26. The summed E-state index contributed by atoms with van der Waals surface area (Å²) in [6.07, 6.45) is 2.17. The van der Waals surface area contributed by atoms with Crippen LogP contribution in [0.2, 0.25) is 0 Å². The second-order valence-corrected chi connectivity index (χ2v) is 5.79. The maximum absolute atomic E-state index is 12.4. The molecule has 1 aliphatic heterocycles. The van der Waals surface area contributed by atoms with E-state index in [-0.39, 0.29) is 17.5 Å². The average Bonchev–Trinajstić information content (AvgIpc) is 2.55. The number of anilines is 1. The molecule has 7 nitrogen and oxygen atoms in total. The topological polar surface area (TPSA) is 99.3 Å². The molecule has 1 amide bonds. The number of hydrogen-bond donors (Lipinski definition) is 1. The van der Waals surface area contributed by atoms with Crippen LogP contribution < -0.4 is 5.32 Å². The number of nitro groups is 1. The van der Waals surface area contributed by atoms with E-state index >= 15 is 0 Å². The van der Waals surface area contributed by atoms with Gasteiger partial charge in [-0.2, -0.15) is 5.26 Å². The van der Waals surface area contributed by atoms with Crippen molar-refractivity contribution in [2.75, 3.05) is 25.0 Å². The third kappa shape index (κ3) is 4.50. The van der Waals surface area contributed by atoms with E-state index in [0.717, 1.165) is 24.9 Å². The van der Waals surface area contributed by atoms with Crippen LogP contribution in [0.3, 0.4) is 0 Å². The monoisotopic (exact) mass is 316 g/mol. The number of benzene rings is 1. The summed E-state index contributed by atoms with van der Waals surface area (Å²) in [4.78, 5) is 25.0. The van der Waals surface area contributed by atoms with E-state index in [9.17, 15) is 14.9 Å². The molecule has 2 rings (SSSR count). The van der Waals surface area contributed by atoms with Crippen LogP contribution in [0.4, 0.5) is 11.4 Å². The summed E-state index contributed by atoms with van der Waals surface area (Å²) in [5.41, 5.74) is 1.24. The van der Waals surface area contributed by atoms with Gasteiger partial charge in [0.25, 0.3) is 5.69 Å². The van der Waals surface area contributed by atoms with E-state index in [2.05, 4.69) is 16.3 Å². The molecule has 0 aliphatic carbocycles. The van der Waals surface area contributed by atoms with Gasteiger partial charge in [-0.3, -0.25) is 14.9 Å². The summed E-state index contributed by atoms with van der Waals surface area (Å²) in [6.45, 7) is 4.01. The van der Waals surface area contributed by atoms with Gasteiger partial charge in [0.05, 0.1) is 22.6 Å². The van der Waals surface area contributed by atoms with E-state index in [0.29, 0.717) is 25.2 Å². The zero-order valence-corrected chi connectivity index (χ0v) is 13.1. The first-order chi connectivity index (χ1) is 11.0. The Morgan fingerprint density at radius 3 is 3.04 bits per heavy atom. The standard InChI is InChI=1S/C16H20N4O3/c1-12-5-6-14(20(22)23)10-15(12)18-16(21)13-4-2-8-19(11-13)9-3-7-17/h5-6,10,13H,2-4,8-9,11H2,1H3,(H,18,21). The number of likely N-dealkylation sites (tertiary alicyclic amines) is 1. The molecule has 23 heavy (non-hydrogen) atoms. The van der Waals surface area contributed by atoms with Gasteiger partial charge in [0, 0.05) is 31.6 Å². The minimum absolute atomic E-state index is 0.0369. The van der Waals surface area contributed by atoms with E-state index < -0.39 is 4.92 Å². The number of carbonyl (C=O) groups excluding carboxylic acids is 1. The molecule has 0 bridgehead atoms. The summed E-state index contributed by atoms with van der Waals surface area (Å²) in [7, 11) is 0. The van der Waals surface area contributed by atoms with Gasteiger partial charge in [-0.15, -0.1) is 0 Å². The summed E-state index contributed by atoms with van der Waals surface area (Å²) < 4.78 is 0. The smallest absolute Gasteiger partial charge is 0.271 e. The number of hydrogen-bond acceptors (Lipinski definition) is 5. The largest absolute Gasteiger partial charge is 0.325 e. The molecule has 1 aliphatic rings. The van der Waals surface area contributed by atoms with Crippen LogP contribution in [-0.2, 0) is 4.79 Å². The van der Waals surface area contributed by atoms with Crippen molar-refractivity contribution in [2.45, 2.75) is 26.2 Å². The fourth-order valence-corrected chi connectivity index (χ4v) is 2.77. The SMILES string of the molecule is Cc1ccc([N+](=O)[O-])cc1NC(=O)C1CCCN(CCC#N)C1. The molecule has 1 atom stereocenters. The molecular formula is C16H20N4O3. The molecule has 1 N–H and O–H groups in total. The molecule has 0 spiro atoms. The molecule has 0 saturated carbocycles. The molecular weight excluding hydrogens is 296 g/mol. The van der Waals surface area contributed by atoms with Gasteiger partial charge in [0.15, 0.2) is 0 Å². The van der Waals surface area contributed by atoms with Crippen molar-refractivity contribution < 1.29 is 9.72 Å². The third-order valence-electron chi connectivity index (χ3n) is 4.11. The van der Waals surface area contributed by atoms with Crippen LogP contribution >= 0.6 is 0 Å². The Balaban J connectivity index is 2.02. The Morgan fingerprint density at radius 1 is 1.57 bits per heavy atom. The number of nitro benzene ring substituents is 1. The highest BCUT2D eigenvalue weighted by Crippen LogP contribution is 2.24. The van der Waals surface area contributed by atoms with Gasteiger partial charge < -0.3 is 10.2 Å². The second kappa shape index (κ2) is 7.70. The maximum Gasteiger partial charge on any atom is 0.271 e. The molecule has 7 heteroatoms. The van der Waals surface area contributed by atoms with Gasteiger partial charge in [0.1, 0.15) is 0 Å². The number of carbonyl (C=O) groups is 1. The van der Waals surface area contributed by atoms with Crippen molar-refractivity contribution in [2.24, 2.45) is 5.92 Å². The predicted molar refractivity (Wildman–Crippen MR) is 85.9 cm³/mol. The second-order valence-electron chi connectivity index (χ2n) is 5.79. The van der Waals surface area contributed by atoms with Crippen LogP contribution in [0.25, 0.3) is 0 Å². The lowest BCUT2D eigenvalue weighted by Crippen LogP contribution is -2.41. The Morgan fingerprint density at radius 2 is 2.35 bits per heavy atom. The lowest BCUT2D eigenvalue weighted by molar-refractivity contribution is -0.384. The first-order valence-corrected chi connectivity index (χ1v) is 7.66. The van der Waals surface area contributed by atoms with Crippen LogP contribution in [0.15, 0.2) is 18.2 Å².